The van der Waals surface area contributed by atoms with E-state index in [0.29, 0.717) is 5.41 Å². The summed E-state index contributed by atoms with van der Waals surface area (Å²) in [6, 6.07) is 14.2. The molecule has 0 bridgehead atoms. The van der Waals surface area contributed by atoms with Gasteiger partial charge in [-0.15, -0.1) is 0 Å². The Bertz CT molecular complexity index is 1170. The largest absolute Gasteiger partial charge is 0.213 e. The van der Waals surface area contributed by atoms with E-state index in [1.54, 1.807) is 11.1 Å². The second kappa shape index (κ2) is 7.33. The minimum absolute atomic E-state index is 0.514. The fourth-order valence-corrected chi connectivity index (χ4v) is 6.01. The Morgan fingerprint density at radius 1 is 0.839 bits per heavy atom. The van der Waals surface area contributed by atoms with Crippen LogP contribution in [0.1, 0.15) is 78.8 Å². The molecule has 1 aromatic heterocycles. The van der Waals surface area contributed by atoms with Crippen molar-refractivity contribution >= 4 is 0 Å². The zero-order valence-corrected chi connectivity index (χ0v) is 20.1. The Morgan fingerprint density at radius 2 is 1.55 bits per heavy atom. The molecule has 1 fully saturated rings. The molecule has 2 aromatic carbocycles. The lowest BCUT2D eigenvalue weighted by molar-refractivity contribution is -0.660. The van der Waals surface area contributed by atoms with Gasteiger partial charge in [0.15, 0.2) is 6.20 Å². The summed E-state index contributed by atoms with van der Waals surface area (Å²) < 4.78 is 2.32. The highest BCUT2D eigenvalue weighted by Crippen LogP contribution is 2.48. The van der Waals surface area contributed by atoms with Gasteiger partial charge in [0.2, 0.25) is 5.69 Å². The molecule has 0 aliphatic heterocycles. The Hall–Kier alpha value is -2.41. The maximum absolute atomic E-state index is 2.44. The van der Waals surface area contributed by atoms with Gasteiger partial charge in [-0.2, -0.15) is 0 Å². The molecule has 1 heterocycles. The fraction of sp³-hybridized carbons (Fsp3) is 0.433. The number of rotatable bonds is 2. The number of aromatic nitrogens is 1. The van der Waals surface area contributed by atoms with E-state index in [0.717, 1.165) is 12.3 Å². The average Bonchev–Trinajstić information content (AvgIpc) is 3.10. The van der Waals surface area contributed by atoms with Crippen molar-refractivity contribution in [1.29, 1.82) is 0 Å². The highest BCUT2D eigenvalue weighted by Gasteiger charge is 2.32. The maximum Gasteiger partial charge on any atom is 0.213 e. The van der Waals surface area contributed by atoms with E-state index in [9.17, 15) is 0 Å². The number of aryl methyl sites for hydroxylation is 4. The lowest BCUT2D eigenvalue weighted by atomic mass is 9.70. The summed E-state index contributed by atoms with van der Waals surface area (Å²) in [5.74, 6) is 0.722. The van der Waals surface area contributed by atoms with E-state index < -0.39 is 0 Å². The normalized spacial score (nSPS) is 17.5. The van der Waals surface area contributed by atoms with Crippen molar-refractivity contribution in [1.82, 2.24) is 0 Å². The molecule has 0 spiro atoms. The molecule has 1 nitrogen and oxygen atoms in total. The second-order valence-corrected chi connectivity index (χ2v) is 10.9. The number of benzene rings is 2. The van der Waals surface area contributed by atoms with Crippen LogP contribution in [-0.2, 0) is 13.5 Å². The summed E-state index contributed by atoms with van der Waals surface area (Å²) in [6.45, 7) is 11.6. The molecular formula is C30H36N+. The van der Waals surface area contributed by atoms with Crippen LogP contribution in [0.15, 0.2) is 42.6 Å². The average molecular weight is 411 g/mol. The van der Waals surface area contributed by atoms with Crippen LogP contribution < -0.4 is 4.57 Å². The third kappa shape index (κ3) is 3.43. The Labute approximate surface area is 188 Å². The number of fused-ring (bicyclic) bond motifs is 3. The molecule has 1 saturated carbocycles. The van der Waals surface area contributed by atoms with Crippen LogP contribution in [0.4, 0.5) is 0 Å². The van der Waals surface area contributed by atoms with Gasteiger partial charge in [0.05, 0.1) is 5.56 Å². The third-order valence-corrected chi connectivity index (χ3v) is 8.15. The van der Waals surface area contributed by atoms with Gasteiger partial charge in [0.25, 0.3) is 0 Å². The number of pyridine rings is 1. The predicted octanol–water partition coefficient (Wildman–Crippen LogP) is 7.36. The van der Waals surface area contributed by atoms with Gasteiger partial charge < -0.3 is 0 Å². The van der Waals surface area contributed by atoms with Crippen LogP contribution in [0.5, 0.6) is 0 Å². The first kappa shape index (κ1) is 20.5. The molecule has 0 atom stereocenters. The Morgan fingerprint density at radius 3 is 2.29 bits per heavy atom. The van der Waals surface area contributed by atoms with E-state index in [1.807, 2.05) is 0 Å². The Kier molecular flexibility index (Phi) is 4.84. The van der Waals surface area contributed by atoms with Crippen LogP contribution in [0, 0.1) is 26.2 Å². The van der Waals surface area contributed by atoms with E-state index in [-0.39, 0.29) is 0 Å². The molecule has 3 aromatic rings. The smallest absolute Gasteiger partial charge is 0.201 e. The molecule has 1 heteroatoms. The molecule has 0 N–H and O–H groups in total. The van der Waals surface area contributed by atoms with Crippen LogP contribution in [0.3, 0.4) is 0 Å². The SMILES string of the molecule is Cc1cc(-c2c(C)ccc3c2Cc2c-3cccc2C2CCC(C)(C)CC2)[n+](C)cc1C. The minimum Gasteiger partial charge on any atom is -0.201 e. The van der Waals surface area contributed by atoms with E-state index in [2.05, 4.69) is 88.8 Å². The third-order valence-electron chi connectivity index (χ3n) is 8.15. The van der Waals surface area contributed by atoms with Gasteiger partial charge >= 0.3 is 0 Å². The fourth-order valence-electron chi connectivity index (χ4n) is 6.01. The second-order valence-electron chi connectivity index (χ2n) is 10.9. The topological polar surface area (TPSA) is 3.88 Å². The van der Waals surface area contributed by atoms with Crippen molar-refractivity contribution in [2.75, 3.05) is 0 Å². The van der Waals surface area contributed by atoms with Crippen LogP contribution in [0.2, 0.25) is 0 Å². The molecule has 2 aliphatic carbocycles. The minimum atomic E-state index is 0.514. The van der Waals surface area contributed by atoms with E-state index in [4.69, 9.17) is 0 Å². The molecule has 0 saturated heterocycles. The van der Waals surface area contributed by atoms with E-state index in [1.165, 1.54) is 70.3 Å². The van der Waals surface area contributed by atoms with Crippen molar-refractivity contribution < 1.29 is 4.57 Å². The first-order valence-corrected chi connectivity index (χ1v) is 12.0. The number of hydrogen-bond donors (Lipinski definition) is 0. The van der Waals surface area contributed by atoms with Crippen molar-refractivity contribution in [3.05, 3.63) is 76.0 Å². The van der Waals surface area contributed by atoms with Gasteiger partial charge in [-0.05, 0) is 103 Å². The van der Waals surface area contributed by atoms with Crippen LogP contribution >= 0.6 is 0 Å². The molecule has 2 aliphatic rings. The van der Waals surface area contributed by atoms with Crippen molar-refractivity contribution in [3.63, 3.8) is 0 Å². The highest BCUT2D eigenvalue weighted by atomic mass is 14.9. The molecule has 0 amide bonds. The summed E-state index contributed by atoms with van der Waals surface area (Å²) in [5.41, 5.74) is 15.1. The standard InChI is InChI=1S/C30H36N/c1-19-10-11-25-24-9-7-8-23(22-12-14-30(4,5)15-13-22)26(24)17-27(25)29(19)28-16-20(2)21(3)18-31(28)6/h7-11,16,18,22H,12-15,17H2,1-6H3/q+1. The molecule has 31 heavy (non-hydrogen) atoms. The lowest BCUT2D eigenvalue weighted by Crippen LogP contribution is -2.32. The number of nitrogens with zero attached hydrogens (tertiary/aromatic N) is 1. The van der Waals surface area contributed by atoms with Crippen LogP contribution in [0.25, 0.3) is 22.4 Å². The zero-order valence-electron chi connectivity index (χ0n) is 20.1. The van der Waals surface area contributed by atoms with Crippen molar-refractivity contribution in [2.45, 2.75) is 72.6 Å². The monoisotopic (exact) mass is 410 g/mol. The van der Waals surface area contributed by atoms with Gasteiger partial charge in [0, 0.05) is 11.6 Å². The molecule has 5 rings (SSSR count). The first-order chi connectivity index (χ1) is 14.7. The summed E-state index contributed by atoms with van der Waals surface area (Å²) in [6.07, 6.45) is 8.70. The predicted molar refractivity (Wildman–Crippen MR) is 130 cm³/mol. The maximum atomic E-state index is 2.44. The summed E-state index contributed by atoms with van der Waals surface area (Å²) in [5, 5.41) is 0. The molecule has 160 valence electrons. The van der Waals surface area contributed by atoms with Gasteiger partial charge in [-0.3, -0.25) is 0 Å². The zero-order chi connectivity index (χ0) is 21.9. The Balaban J connectivity index is 1.61. The molecule has 0 radical (unpaired) electrons. The van der Waals surface area contributed by atoms with Crippen molar-refractivity contribution in [2.24, 2.45) is 12.5 Å². The summed E-state index contributed by atoms with van der Waals surface area (Å²) in [7, 11) is 2.19. The van der Waals surface area contributed by atoms with Crippen molar-refractivity contribution in [3.8, 4) is 22.4 Å². The van der Waals surface area contributed by atoms with Gasteiger partial charge in [-0.25, -0.2) is 4.57 Å². The lowest BCUT2D eigenvalue weighted by Gasteiger charge is -2.35. The summed E-state index contributed by atoms with van der Waals surface area (Å²) in [4.78, 5) is 0. The molecule has 0 unspecified atom stereocenters. The first-order valence-electron chi connectivity index (χ1n) is 12.0. The quantitative estimate of drug-likeness (QED) is 0.304. The number of hydrogen-bond acceptors (Lipinski definition) is 0. The van der Waals surface area contributed by atoms with Gasteiger partial charge in [-0.1, -0.05) is 44.2 Å². The highest BCUT2D eigenvalue weighted by molar-refractivity contribution is 5.85. The van der Waals surface area contributed by atoms with E-state index >= 15 is 0 Å². The van der Waals surface area contributed by atoms with Gasteiger partial charge in [0.1, 0.15) is 7.05 Å². The summed E-state index contributed by atoms with van der Waals surface area (Å²) >= 11 is 0. The van der Waals surface area contributed by atoms with Crippen LogP contribution in [-0.4, -0.2) is 0 Å². The molecular weight excluding hydrogens is 374 g/mol.